The van der Waals surface area contributed by atoms with Gasteiger partial charge in [0.1, 0.15) is 11.4 Å². The lowest BCUT2D eigenvalue weighted by molar-refractivity contribution is -0.151. The molecule has 0 aromatic carbocycles. The number of methoxy groups -OCH3 is 1. The third-order valence-electron chi connectivity index (χ3n) is 2.71. The molecule has 18 heavy (non-hydrogen) atoms. The average molecular weight is 261 g/mol. The van der Waals surface area contributed by atoms with Gasteiger partial charge in [0.15, 0.2) is 5.69 Å². The molecule has 0 unspecified atom stereocenters. The highest BCUT2D eigenvalue weighted by Crippen LogP contribution is 2.50. The van der Waals surface area contributed by atoms with Gasteiger partial charge in [-0.25, -0.2) is 14.8 Å². The van der Waals surface area contributed by atoms with Crippen LogP contribution in [0.1, 0.15) is 23.3 Å². The topological polar surface area (TPSA) is 64.1 Å². The first kappa shape index (κ1) is 12.6. The lowest BCUT2D eigenvalue weighted by Gasteiger charge is -2.20. The molecule has 2 rings (SSSR count). The molecule has 0 radical (unpaired) electrons. The van der Waals surface area contributed by atoms with Crippen LogP contribution in [0.15, 0.2) is 12.4 Å². The maximum atomic E-state index is 12.7. The summed E-state index contributed by atoms with van der Waals surface area (Å²) in [5, 5.41) is 2.30. The highest BCUT2D eigenvalue weighted by molar-refractivity contribution is 5.86. The Morgan fingerprint density at radius 3 is 2.44 bits per heavy atom. The Morgan fingerprint density at radius 1 is 1.39 bits per heavy atom. The molecule has 0 amide bonds. The summed E-state index contributed by atoms with van der Waals surface area (Å²) in [4.78, 5) is 18.4. The largest absolute Gasteiger partial charge is 0.464 e. The van der Waals surface area contributed by atoms with E-state index in [1.807, 2.05) is 0 Å². The third-order valence-corrected chi connectivity index (χ3v) is 2.71. The number of rotatable bonds is 3. The summed E-state index contributed by atoms with van der Waals surface area (Å²) in [5.74, 6) is -0.705. The lowest BCUT2D eigenvalue weighted by atomic mass is 10.2. The smallest absolute Gasteiger partial charge is 0.411 e. The number of carbonyl (C=O) groups is 1. The molecule has 1 aliphatic carbocycles. The van der Waals surface area contributed by atoms with Gasteiger partial charge in [0, 0.05) is 0 Å². The van der Waals surface area contributed by atoms with Gasteiger partial charge in [0.25, 0.3) is 0 Å². The quantitative estimate of drug-likeness (QED) is 0.840. The van der Waals surface area contributed by atoms with Crippen LogP contribution in [0.5, 0.6) is 0 Å². The summed E-state index contributed by atoms with van der Waals surface area (Å²) in [6.45, 7) is 0. The molecular weight excluding hydrogens is 251 g/mol. The van der Waals surface area contributed by atoms with Crippen molar-refractivity contribution >= 4 is 11.8 Å². The molecule has 0 saturated heterocycles. The highest BCUT2D eigenvalue weighted by Gasteiger charge is 2.63. The fourth-order valence-electron chi connectivity index (χ4n) is 1.45. The molecule has 1 fully saturated rings. The van der Waals surface area contributed by atoms with E-state index in [1.54, 1.807) is 0 Å². The van der Waals surface area contributed by atoms with E-state index in [4.69, 9.17) is 0 Å². The Kier molecular flexibility index (Phi) is 2.88. The Morgan fingerprint density at radius 2 is 2.06 bits per heavy atom. The maximum Gasteiger partial charge on any atom is 0.411 e. The number of nitrogens with zero attached hydrogens (tertiary/aromatic N) is 2. The van der Waals surface area contributed by atoms with Gasteiger partial charge in [-0.05, 0) is 12.8 Å². The van der Waals surface area contributed by atoms with E-state index in [0.717, 1.165) is 12.4 Å². The zero-order valence-electron chi connectivity index (χ0n) is 9.41. The fraction of sp³-hybridized carbons (Fsp3) is 0.500. The zero-order valence-corrected chi connectivity index (χ0v) is 9.41. The molecule has 1 heterocycles. The van der Waals surface area contributed by atoms with Crippen molar-refractivity contribution in [3.05, 3.63) is 18.1 Å². The first-order chi connectivity index (χ1) is 8.38. The minimum atomic E-state index is -4.32. The number of carbonyl (C=O) groups excluding carboxylic acids is 1. The predicted molar refractivity (Wildman–Crippen MR) is 55.0 cm³/mol. The van der Waals surface area contributed by atoms with Gasteiger partial charge in [0.2, 0.25) is 0 Å². The number of ether oxygens (including phenoxy) is 1. The second-order valence-corrected chi connectivity index (χ2v) is 3.98. The van der Waals surface area contributed by atoms with Crippen LogP contribution in [-0.4, -0.2) is 34.8 Å². The number of nitrogens with one attached hydrogen (secondary N) is 1. The Hall–Kier alpha value is -1.86. The van der Waals surface area contributed by atoms with Crippen LogP contribution in [0.4, 0.5) is 19.0 Å². The van der Waals surface area contributed by atoms with Crippen LogP contribution in [0.2, 0.25) is 0 Å². The van der Waals surface area contributed by atoms with Crippen molar-refractivity contribution in [1.82, 2.24) is 9.97 Å². The van der Waals surface area contributed by atoms with E-state index in [-0.39, 0.29) is 24.4 Å². The maximum absolute atomic E-state index is 12.7. The van der Waals surface area contributed by atoms with Crippen LogP contribution < -0.4 is 5.32 Å². The van der Waals surface area contributed by atoms with Crippen LogP contribution in [-0.2, 0) is 4.74 Å². The minimum Gasteiger partial charge on any atom is -0.464 e. The first-order valence-electron chi connectivity index (χ1n) is 5.13. The second-order valence-electron chi connectivity index (χ2n) is 3.98. The van der Waals surface area contributed by atoms with Crippen molar-refractivity contribution in [3.8, 4) is 0 Å². The van der Waals surface area contributed by atoms with Crippen LogP contribution >= 0.6 is 0 Å². The average Bonchev–Trinajstić information content (AvgIpc) is 3.09. The molecule has 1 saturated carbocycles. The third kappa shape index (κ3) is 2.22. The normalized spacial score (nSPS) is 17.1. The van der Waals surface area contributed by atoms with Gasteiger partial charge in [0.05, 0.1) is 19.5 Å². The molecule has 0 atom stereocenters. The standard InChI is InChI=1S/C10H10F3N3O2/c1-18-8(17)6-4-15-7(5-14-6)16-9(2-3-9)10(11,12)13/h4-5H,2-3H2,1H3,(H,15,16). The van der Waals surface area contributed by atoms with Crippen molar-refractivity contribution in [3.63, 3.8) is 0 Å². The SMILES string of the molecule is COC(=O)c1cnc(NC2(C(F)(F)F)CC2)cn1. The number of anilines is 1. The monoisotopic (exact) mass is 261 g/mol. The molecule has 1 aliphatic rings. The van der Waals surface area contributed by atoms with Gasteiger partial charge in [-0.1, -0.05) is 0 Å². The number of aromatic nitrogens is 2. The minimum absolute atomic E-state index is 0.0108. The van der Waals surface area contributed by atoms with Gasteiger partial charge in [-0.2, -0.15) is 13.2 Å². The predicted octanol–water partition coefficient (Wildman–Crippen LogP) is 1.77. The highest BCUT2D eigenvalue weighted by atomic mass is 19.4. The molecule has 0 aliphatic heterocycles. The van der Waals surface area contributed by atoms with Crippen molar-refractivity contribution in [2.75, 3.05) is 12.4 Å². The van der Waals surface area contributed by atoms with Gasteiger partial charge in [-0.3, -0.25) is 0 Å². The van der Waals surface area contributed by atoms with E-state index in [9.17, 15) is 18.0 Å². The van der Waals surface area contributed by atoms with E-state index in [2.05, 4.69) is 20.0 Å². The molecule has 8 heteroatoms. The summed E-state index contributed by atoms with van der Waals surface area (Å²) in [6, 6.07) is 0. The fourth-order valence-corrected chi connectivity index (χ4v) is 1.45. The molecule has 5 nitrogen and oxygen atoms in total. The van der Waals surface area contributed by atoms with Crippen molar-refractivity contribution in [2.45, 2.75) is 24.6 Å². The molecule has 98 valence electrons. The molecule has 1 aromatic rings. The second kappa shape index (κ2) is 4.11. The molecule has 0 bridgehead atoms. The van der Waals surface area contributed by atoms with Crippen molar-refractivity contribution in [2.24, 2.45) is 0 Å². The van der Waals surface area contributed by atoms with E-state index < -0.39 is 17.7 Å². The number of halogens is 3. The first-order valence-corrected chi connectivity index (χ1v) is 5.13. The summed E-state index contributed by atoms with van der Waals surface area (Å²) in [6.07, 6.45) is -2.15. The summed E-state index contributed by atoms with van der Waals surface area (Å²) >= 11 is 0. The summed E-state index contributed by atoms with van der Waals surface area (Å²) in [7, 11) is 1.18. The van der Waals surface area contributed by atoms with E-state index >= 15 is 0 Å². The Bertz CT molecular complexity index is 454. The van der Waals surface area contributed by atoms with Gasteiger partial charge >= 0.3 is 12.1 Å². The molecular formula is C10H10F3N3O2. The number of alkyl halides is 3. The van der Waals surface area contributed by atoms with E-state index in [0.29, 0.717) is 0 Å². The Labute approximate surface area is 100 Å². The van der Waals surface area contributed by atoms with Crippen LogP contribution in [0.25, 0.3) is 0 Å². The van der Waals surface area contributed by atoms with Crippen LogP contribution in [0.3, 0.4) is 0 Å². The Balaban J connectivity index is 2.10. The van der Waals surface area contributed by atoms with Crippen molar-refractivity contribution < 1.29 is 22.7 Å². The van der Waals surface area contributed by atoms with Crippen molar-refractivity contribution in [1.29, 1.82) is 0 Å². The summed E-state index contributed by atoms with van der Waals surface area (Å²) in [5.41, 5.74) is -1.95. The number of esters is 1. The zero-order chi connectivity index (χ0) is 13.4. The molecule has 0 spiro atoms. The molecule has 1 aromatic heterocycles. The van der Waals surface area contributed by atoms with Crippen LogP contribution in [0, 0.1) is 0 Å². The van der Waals surface area contributed by atoms with Gasteiger partial charge < -0.3 is 10.1 Å². The van der Waals surface area contributed by atoms with Gasteiger partial charge in [-0.15, -0.1) is 0 Å². The molecule has 1 N–H and O–H groups in total. The lowest BCUT2D eigenvalue weighted by Crippen LogP contribution is -2.39. The van der Waals surface area contributed by atoms with E-state index in [1.165, 1.54) is 7.11 Å². The number of hydrogen-bond acceptors (Lipinski definition) is 5. The summed E-state index contributed by atoms with van der Waals surface area (Å²) < 4.78 is 42.4. The number of hydrogen-bond donors (Lipinski definition) is 1.